The maximum absolute atomic E-state index is 14.2. The molecule has 0 unspecified atom stereocenters. The fraction of sp³-hybridized carbons (Fsp3) is 0.269. The summed E-state index contributed by atoms with van der Waals surface area (Å²) >= 11 is 6.20. The molecule has 0 saturated carbocycles. The van der Waals surface area contributed by atoms with Crippen molar-refractivity contribution in [2.45, 2.75) is 11.8 Å². The number of para-hydroxylation sites is 1. The lowest BCUT2D eigenvalue weighted by atomic mass is 10.2. The first-order valence-corrected chi connectivity index (χ1v) is 13.2. The third-order valence-electron chi connectivity index (χ3n) is 6.12. The van der Waals surface area contributed by atoms with Crippen LogP contribution in [0.15, 0.2) is 71.6 Å². The molecule has 1 aliphatic rings. The van der Waals surface area contributed by atoms with Gasteiger partial charge in [-0.25, -0.2) is 12.8 Å². The molecule has 1 amide bonds. The van der Waals surface area contributed by atoms with Crippen LogP contribution in [0.3, 0.4) is 0 Å². The van der Waals surface area contributed by atoms with Crippen molar-refractivity contribution in [3.8, 4) is 5.75 Å². The van der Waals surface area contributed by atoms with Crippen LogP contribution in [0.1, 0.15) is 5.56 Å². The maximum Gasteiger partial charge on any atom is 0.264 e. The molecule has 0 N–H and O–H groups in total. The summed E-state index contributed by atoms with van der Waals surface area (Å²) in [5.74, 6) is -0.422. The van der Waals surface area contributed by atoms with Crippen LogP contribution in [-0.4, -0.2) is 59.1 Å². The SMILES string of the molecule is COc1ccc(Cl)cc1N(CC(=O)N1CCN(c2ccccc2F)CC1)S(=O)(=O)c1ccc(C)cc1. The van der Waals surface area contributed by atoms with Gasteiger partial charge < -0.3 is 14.5 Å². The zero-order valence-electron chi connectivity index (χ0n) is 20.0. The van der Waals surface area contributed by atoms with Gasteiger partial charge in [0, 0.05) is 31.2 Å². The topological polar surface area (TPSA) is 70.2 Å². The average molecular weight is 532 g/mol. The Kier molecular flexibility index (Phi) is 7.70. The predicted octanol–water partition coefficient (Wildman–Crippen LogP) is 4.34. The van der Waals surface area contributed by atoms with Crippen LogP contribution in [0.25, 0.3) is 0 Å². The van der Waals surface area contributed by atoms with Crippen molar-refractivity contribution in [2.75, 3.05) is 49.0 Å². The van der Waals surface area contributed by atoms with E-state index >= 15 is 0 Å². The second kappa shape index (κ2) is 10.8. The van der Waals surface area contributed by atoms with E-state index in [0.717, 1.165) is 9.87 Å². The molecule has 3 aromatic carbocycles. The van der Waals surface area contributed by atoms with Crippen molar-refractivity contribution in [1.82, 2.24) is 4.90 Å². The van der Waals surface area contributed by atoms with E-state index in [1.807, 2.05) is 11.8 Å². The molecule has 0 radical (unpaired) electrons. The zero-order valence-corrected chi connectivity index (χ0v) is 21.6. The molecule has 3 aromatic rings. The van der Waals surface area contributed by atoms with Gasteiger partial charge in [-0.15, -0.1) is 0 Å². The molecule has 4 rings (SSSR count). The first kappa shape index (κ1) is 25.8. The number of rotatable bonds is 7. The van der Waals surface area contributed by atoms with Crippen LogP contribution in [0.4, 0.5) is 15.8 Å². The smallest absolute Gasteiger partial charge is 0.264 e. The summed E-state index contributed by atoms with van der Waals surface area (Å²) in [6, 6.07) is 17.5. The number of aryl methyl sites for hydroxylation is 1. The second-order valence-corrected chi connectivity index (χ2v) is 10.8. The van der Waals surface area contributed by atoms with Gasteiger partial charge in [0.25, 0.3) is 10.0 Å². The Hall–Kier alpha value is -3.30. The number of amides is 1. The number of piperazine rings is 1. The molecule has 0 bridgehead atoms. The number of hydrogen-bond acceptors (Lipinski definition) is 5. The molecule has 0 atom stereocenters. The Morgan fingerprint density at radius 3 is 2.33 bits per heavy atom. The van der Waals surface area contributed by atoms with Crippen molar-refractivity contribution in [3.05, 3.63) is 83.1 Å². The number of benzene rings is 3. The van der Waals surface area contributed by atoms with Crippen LogP contribution in [0, 0.1) is 12.7 Å². The van der Waals surface area contributed by atoms with Gasteiger partial charge in [0.05, 0.1) is 23.4 Å². The third kappa shape index (κ3) is 5.42. The fourth-order valence-electron chi connectivity index (χ4n) is 4.12. The average Bonchev–Trinajstić information content (AvgIpc) is 2.87. The molecule has 0 aliphatic carbocycles. The predicted molar refractivity (Wildman–Crippen MR) is 139 cm³/mol. The van der Waals surface area contributed by atoms with Crippen molar-refractivity contribution >= 4 is 38.9 Å². The highest BCUT2D eigenvalue weighted by Gasteiger charge is 2.32. The van der Waals surface area contributed by atoms with Gasteiger partial charge in [0.15, 0.2) is 0 Å². The maximum atomic E-state index is 14.2. The van der Waals surface area contributed by atoms with E-state index in [1.54, 1.807) is 47.4 Å². The van der Waals surface area contributed by atoms with Crippen molar-refractivity contribution in [1.29, 1.82) is 0 Å². The van der Waals surface area contributed by atoms with Crippen molar-refractivity contribution in [2.24, 2.45) is 0 Å². The van der Waals surface area contributed by atoms with Gasteiger partial charge in [-0.05, 0) is 49.4 Å². The second-order valence-electron chi connectivity index (χ2n) is 8.46. The van der Waals surface area contributed by atoms with E-state index in [4.69, 9.17) is 16.3 Å². The number of ether oxygens (including phenoxy) is 1. The number of carbonyl (C=O) groups excluding carboxylic acids is 1. The van der Waals surface area contributed by atoms with Crippen molar-refractivity contribution < 1.29 is 22.3 Å². The third-order valence-corrected chi connectivity index (χ3v) is 8.13. The first-order chi connectivity index (χ1) is 17.2. The summed E-state index contributed by atoms with van der Waals surface area (Å²) in [5, 5.41) is 0.306. The van der Waals surface area contributed by atoms with Gasteiger partial charge in [-0.3, -0.25) is 9.10 Å². The normalized spacial score (nSPS) is 14.0. The highest BCUT2D eigenvalue weighted by atomic mass is 35.5. The molecule has 36 heavy (non-hydrogen) atoms. The molecular formula is C26H27ClFN3O4S. The van der Waals surface area contributed by atoms with Crippen molar-refractivity contribution in [3.63, 3.8) is 0 Å². The molecule has 7 nitrogen and oxygen atoms in total. The molecular weight excluding hydrogens is 505 g/mol. The Morgan fingerprint density at radius 2 is 1.69 bits per heavy atom. The molecule has 0 spiro atoms. The Bertz CT molecular complexity index is 1340. The molecule has 1 fully saturated rings. The quantitative estimate of drug-likeness (QED) is 0.453. The lowest BCUT2D eigenvalue weighted by molar-refractivity contribution is -0.129. The Morgan fingerprint density at radius 1 is 1.03 bits per heavy atom. The summed E-state index contributed by atoms with van der Waals surface area (Å²) in [4.78, 5) is 16.9. The lowest BCUT2D eigenvalue weighted by Gasteiger charge is -2.37. The van der Waals surface area contributed by atoms with Crippen LogP contribution in [0.2, 0.25) is 5.02 Å². The molecule has 1 heterocycles. The largest absolute Gasteiger partial charge is 0.495 e. The number of sulfonamides is 1. The fourth-order valence-corrected chi connectivity index (χ4v) is 5.71. The molecule has 10 heteroatoms. The van der Waals surface area contributed by atoms with Crippen LogP contribution < -0.4 is 13.9 Å². The van der Waals surface area contributed by atoms with E-state index < -0.39 is 16.6 Å². The van der Waals surface area contributed by atoms with E-state index in [0.29, 0.717) is 36.9 Å². The van der Waals surface area contributed by atoms with Gasteiger partial charge in [0.2, 0.25) is 5.91 Å². The first-order valence-electron chi connectivity index (χ1n) is 11.4. The lowest BCUT2D eigenvalue weighted by Crippen LogP contribution is -2.52. The highest BCUT2D eigenvalue weighted by Crippen LogP contribution is 2.35. The Labute approximate surface area is 215 Å². The summed E-state index contributed by atoms with van der Waals surface area (Å²) in [7, 11) is -2.70. The summed E-state index contributed by atoms with van der Waals surface area (Å²) in [5.41, 5.74) is 1.56. The van der Waals surface area contributed by atoms with Gasteiger partial charge in [0.1, 0.15) is 18.1 Å². The monoisotopic (exact) mass is 531 g/mol. The highest BCUT2D eigenvalue weighted by molar-refractivity contribution is 7.92. The van der Waals surface area contributed by atoms with E-state index in [-0.39, 0.29) is 28.1 Å². The zero-order chi connectivity index (χ0) is 25.9. The summed E-state index contributed by atoms with van der Waals surface area (Å²) in [6.07, 6.45) is 0. The van der Waals surface area contributed by atoms with E-state index in [2.05, 4.69) is 0 Å². The van der Waals surface area contributed by atoms with Gasteiger partial charge in [-0.2, -0.15) is 0 Å². The van der Waals surface area contributed by atoms with E-state index in [1.165, 1.54) is 31.4 Å². The number of anilines is 2. The van der Waals surface area contributed by atoms with E-state index in [9.17, 15) is 17.6 Å². The standard InChI is InChI=1S/C26H27ClFN3O4S/c1-19-7-10-21(11-8-19)36(33,34)31(24-17-20(27)9-12-25(24)35-2)18-26(32)30-15-13-29(14-16-30)23-6-4-3-5-22(23)28/h3-12,17H,13-16,18H2,1-2H3. The van der Waals surface area contributed by atoms with Crippen LogP contribution in [-0.2, 0) is 14.8 Å². The van der Waals surface area contributed by atoms with Crippen LogP contribution in [0.5, 0.6) is 5.75 Å². The molecule has 1 saturated heterocycles. The number of carbonyl (C=O) groups is 1. The minimum atomic E-state index is -4.13. The minimum Gasteiger partial charge on any atom is -0.495 e. The number of halogens is 2. The summed E-state index contributed by atoms with van der Waals surface area (Å²) < 4.78 is 48.1. The molecule has 190 valence electrons. The molecule has 0 aromatic heterocycles. The number of nitrogens with zero attached hydrogens (tertiary/aromatic N) is 3. The molecule has 1 aliphatic heterocycles. The van der Waals surface area contributed by atoms with Crippen LogP contribution >= 0.6 is 11.6 Å². The van der Waals surface area contributed by atoms with Gasteiger partial charge in [-0.1, -0.05) is 41.4 Å². The number of hydrogen-bond donors (Lipinski definition) is 0. The Balaban J connectivity index is 1.60. The summed E-state index contributed by atoms with van der Waals surface area (Å²) in [6.45, 7) is 2.94. The minimum absolute atomic E-state index is 0.0484. The van der Waals surface area contributed by atoms with Gasteiger partial charge >= 0.3 is 0 Å². The number of methoxy groups -OCH3 is 1.